The molecular formula is C31H36N4O4S2. The molecule has 1 amide bonds. The summed E-state index contributed by atoms with van der Waals surface area (Å²) in [6, 6.07) is 12.0. The quantitative estimate of drug-likeness (QED) is 0.215. The van der Waals surface area contributed by atoms with Crippen LogP contribution in [0.15, 0.2) is 40.0 Å². The molecule has 0 bridgehead atoms. The number of hydrogen-bond donors (Lipinski definition) is 0. The van der Waals surface area contributed by atoms with Crippen LogP contribution in [0.25, 0.3) is 6.08 Å². The van der Waals surface area contributed by atoms with Gasteiger partial charge in [-0.3, -0.25) is 23.9 Å². The third kappa shape index (κ3) is 6.74. The Morgan fingerprint density at radius 3 is 2.66 bits per heavy atom. The first kappa shape index (κ1) is 30.5. The van der Waals surface area contributed by atoms with Gasteiger partial charge in [0.05, 0.1) is 17.4 Å². The van der Waals surface area contributed by atoms with Crippen molar-refractivity contribution in [3.63, 3.8) is 0 Å². The number of carbonyl (C=O) groups is 2. The first-order valence-electron chi connectivity index (χ1n) is 14.2. The summed E-state index contributed by atoms with van der Waals surface area (Å²) in [6.07, 6.45) is 5.53. The maximum absolute atomic E-state index is 13.6. The van der Waals surface area contributed by atoms with Gasteiger partial charge in [0.1, 0.15) is 21.8 Å². The molecule has 1 unspecified atom stereocenters. The first-order chi connectivity index (χ1) is 19.8. The van der Waals surface area contributed by atoms with E-state index in [-0.39, 0.29) is 28.9 Å². The zero-order valence-corrected chi connectivity index (χ0v) is 25.5. The highest BCUT2D eigenvalue weighted by molar-refractivity contribution is 8.26. The van der Waals surface area contributed by atoms with Crippen molar-refractivity contribution in [2.75, 3.05) is 31.1 Å². The fraction of sp³-hybridized carbons (Fsp3) is 0.452. The molecule has 2 fully saturated rings. The van der Waals surface area contributed by atoms with Crippen molar-refractivity contribution >= 4 is 52.1 Å². The van der Waals surface area contributed by atoms with Gasteiger partial charge in [-0.25, -0.2) is 0 Å². The van der Waals surface area contributed by atoms with E-state index in [0.29, 0.717) is 71.8 Å². The topological polar surface area (TPSA) is 95.6 Å². The van der Waals surface area contributed by atoms with Crippen LogP contribution < -0.4 is 10.5 Å². The highest BCUT2D eigenvalue weighted by Gasteiger charge is 2.34. The Morgan fingerprint density at radius 2 is 1.98 bits per heavy atom. The zero-order chi connectivity index (χ0) is 29.5. The largest absolute Gasteiger partial charge is 0.466 e. The predicted molar refractivity (Wildman–Crippen MR) is 167 cm³/mol. The van der Waals surface area contributed by atoms with Crippen molar-refractivity contribution < 1.29 is 14.3 Å². The normalized spacial score (nSPS) is 18.2. The van der Waals surface area contributed by atoms with E-state index in [1.807, 2.05) is 37.3 Å². The lowest BCUT2D eigenvalue weighted by molar-refractivity contribution is -0.148. The first-order valence-corrected chi connectivity index (χ1v) is 15.4. The fourth-order valence-corrected chi connectivity index (χ4v) is 6.63. The number of benzene rings is 1. The second-order valence-electron chi connectivity index (χ2n) is 10.3. The van der Waals surface area contributed by atoms with Crippen molar-refractivity contribution in [2.45, 2.75) is 59.4 Å². The molecule has 3 heterocycles. The number of nitriles is 1. The van der Waals surface area contributed by atoms with Crippen LogP contribution in [-0.4, -0.2) is 51.9 Å². The molecule has 2 aliphatic rings. The van der Waals surface area contributed by atoms with E-state index in [4.69, 9.17) is 17.0 Å². The van der Waals surface area contributed by atoms with Crippen molar-refractivity contribution in [1.82, 2.24) is 9.47 Å². The summed E-state index contributed by atoms with van der Waals surface area (Å²) in [6.45, 7) is 7.83. The Hall–Kier alpha value is -3.42. The lowest BCUT2D eigenvalue weighted by atomic mass is 9.96. The minimum absolute atomic E-state index is 0.0645. The minimum Gasteiger partial charge on any atom is -0.466 e. The second-order valence-corrected chi connectivity index (χ2v) is 11.9. The van der Waals surface area contributed by atoms with E-state index < -0.39 is 0 Å². The average molecular weight is 593 g/mol. The van der Waals surface area contributed by atoms with Gasteiger partial charge in [-0.1, -0.05) is 67.7 Å². The number of nitrogens with zero attached hydrogens (tertiary/aromatic N) is 4. The van der Waals surface area contributed by atoms with Crippen LogP contribution in [0.1, 0.15) is 61.8 Å². The minimum atomic E-state index is -0.348. The van der Waals surface area contributed by atoms with Gasteiger partial charge in [-0.05, 0) is 56.7 Å². The number of pyridine rings is 1. The molecule has 0 radical (unpaired) electrons. The average Bonchev–Trinajstić information content (AvgIpc) is 3.24. The standard InChI is InChI=1S/C31H36N4O4S2/c1-4-6-16-34-27(33-15-10-13-23(20-33)30(38)39-5-2)24(21(3)25(19-32)28(34)36)18-26-29(37)35(31(40)41-26)17-14-22-11-8-7-9-12-22/h7-9,11-12,18,23H,4-6,10,13-17,20H2,1-3H3. The van der Waals surface area contributed by atoms with Gasteiger partial charge in [0.15, 0.2) is 0 Å². The Kier molecular flexibility index (Phi) is 10.4. The highest BCUT2D eigenvalue weighted by Crippen LogP contribution is 2.37. The summed E-state index contributed by atoms with van der Waals surface area (Å²) in [5, 5.41) is 9.96. The van der Waals surface area contributed by atoms with Crippen molar-refractivity contribution in [3.8, 4) is 6.07 Å². The molecule has 10 heteroatoms. The number of ether oxygens (including phenoxy) is 1. The summed E-state index contributed by atoms with van der Waals surface area (Å²) in [5.74, 6) is -0.109. The van der Waals surface area contributed by atoms with Gasteiger partial charge >= 0.3 is 5.97 Å². The van der Waals surface area contributed by atoms with E-state index in [1.54, 1.807) is 29.4 Å². The predicted octanol–water partition coefficient (Wildman–Crippen LogP) is 5.05. The number of esters is 1. The molecular weight excluding hydrogens is 556 g/mol. The van der Waals surface area contributed by atoms with Crippen LogP contribution in [0.4, 0.5) is 5.82 Å². The number of anilines is 1. The Balaban J connectivity index is 1.77. The number of thiocarbonyl (C=S) groups is 1. The van der Waals surface area contributed by atoms with Gasteiger partial charge in [-0.2, -0.15) is 5.26 Å². The van der Waals surface area contributed by atoms with Crippen LogP contribution in [-0.2, 0) is 27.3 Å². The number of amides is 1. The molecule has 0 spiro atoms. The smallest absolute Gasteiger partial charge is 0.310 e. The number of carbonyl (C=O) groups excluding carboxylic acids is 2. The second kappa shape index (κ2) is 14.0. The van der Waals surface area contributed by atoms with Crippen LogP contribution in [0.5, 0.6) is 0 Å². The van der Waals surface area contributed by atoms with Crippen LogP contribution >= 0.6 is 24.0 Å². The Morgan fingerprint density at radius 1 is 1.22 bits per heavy atom. The summed E-state index contributed by atoms with van der Waals surface area (Å²) in [4.78, 5) is 44.0. The van der Waals surface area contributed by atoms with Crippen molar-refractivity contribution in [3.05, 3.63) is 67.8 Å². The number of aromatic nitrogens is 1. The number of rotatable bonds is 10. The van der Waals surface area contributed by atoms with Gasteiger partial charge in [-0.15, -0.1) is 0 Å². The maximum Gasteiger partial charge on any atom is 0.310 e. The lowest BCUT2D eigenvalue weighted by Crippen LogP contribution is -2.43. The number of thioether (sulfide) groups is 1. The molecule has 0 saturated carbocycles. The summed E-state index contributed by atoms with van der Waals surface area (Å²) >= 11 is 6.83. The third-order valence-corrected chi connectivity index (χ3v) is 8.92. The lowest BCUT2D eigenvalue weighted by Gasteiger charge is -2.36. The van der Waals surface area contributed by atoms with Crippen LogP contribution in [0.2, 0.25) is 0 Å². The van der Waals surface area contributed by atoms with Crippen molar-refractivity contribution in [1.29, 1.82) is 5.26 Å². The molecule has 216 valence electrons. The zero-order valence-electron chi connectivity index (χ0n) is 23.9. The van der Waals surface area contributed by atoms with Gasteiger partial charge in [0.2, 0.25) is 0 Å². The summed E-state index contributed by atoms with van der Waals surface area (Å²) < 4.78 is 7.46. The molecule has 1 aromatic carbocycles. The fourth-order valence-electron chi connectivity index (χ4n) is 5.34. The van der Waals surface area contributed by atoms with E-state index in [1.165, 1.54) is 11.8 Å². The van der Waals surface area contributed by atoms with Gasteiger partial charge < -0.3 is 9.64 Å². The molecule has 2 aliphatic heterocycles. The monoisotopic (exact) mass is 592 g/mol. The van der Waals surface area contributed by atoms with E-state index in [9.17, 15) is 19.6 Å². The molecule has 0 aliphatic carbocycles. The van der Waals surface area contributed by atoms with E-state index >= 15 is 0 Å². The van der Waals surface area contributed by atoms with E-state index in [0.717, 1.165) is 24.8 Å². The number of unbranched alkanes of at least 4 members (excludes halogenated alkanes) is 1. The Labute approximate surface area is 251 Å². The van der Waals surface area contributed by atoms with Gasteiger partial charge in [0.25, 0.3) is 11.5 Å². The highest BCUT2D eigenvalue weighted by atomic mass is 32.2. The van der Waals surface area contributed by atoms with Gasteiger partial charge in [0, 0.05) is 31.7 Å². The van der Waals surface area contributed by atoms with Crippen molar-refractivity contribution in [2.24, 2.45) is 5.92 Å². The number of hydrogen-bond acceptors (Lipinski definition) is 8. The van der Waals surface area contributed by atoms with Crippen LogP contribution in [0.3, 0.4) is 0 Å². The molecule has 2 saturated heterocycles. The molecule has 41 heavy (non-hydrogen) atoms. The molecule has 4 rings (SSSR count). The summed E-state index contributed by atoms with van der Waals surface area (Å²) in [7, 11) is 0. The number of piperidine rings is 1. The molecule has 8 nitrogen and oxygen atoms in total. The summed E-state index contributed by atoms with van der Waals surface area (Å²) in [5.41, 5.74) is 2.00. The van der Waals surface area contributed by atoms with Crippen LogP contribution in [0, 0.1) is 24.2 Å². The maximum atomic E-state index is 13.6. The Bertz CT molecular complexity index is 1440. The molecule has 0 N–H and O–H groups in total. The third-order valence-electron chi connectivity index (χ3n) is 7.54. The molecule has 1 atom stereocenters. The SMILES string of the molecule is CCCCn1c(N2CCCC(C(=O)OCC)C2)c(C=C2SC(=S)N(CCc3ccccc3)C2=O)c(C)c(C#N)c1=O. The molecule has 2 aromatic rings. The molecule has 1 aromatic heterocycles. The van der Waals surface area contributed by atoms with E-state index in [2.05, 4.69) is 11.0 Å².